The number of hydrogen-bond acceptors (Lipinski definition) is 5. The molecule has 0 spiro atoms. The van der Waals surface area contributed by atoms with E-state index in [4.69, 9.17) is 4.98 Å². The van der Waals surface area contributed by atoms with Gasteiger partial charge in [-0.05, 0) is 32.4 Å². The number of likely N-dealkylation sites (N-methyl/N-ethyl adjacent to an activating group) is 1. The molecule has 0 saturated carbocycles. The molecule has 0 bridgehead atoms. The molecule has 1 aliphatic heterocycles. The van der Waals surface area contributed by atoms with Crippen LogP contribution in [0.1, 0.15) is 45.5 Å². The third kappa shape index (κ3) is 3.81. The van der Waals surface area contributed by atoms with E-state index >= 15 is 0 Å². The minimum absolute atomic E-state index is 0.0293. The van der Waals surface area contributed by atoms with E-state index in [1.165, 1.54) is 0 Å². The second-order valence-electron chi connectivity index (χ2n) is 7.58. The van der Waals surface area contributed by atoms with E-state index in [1.54, 1.807) is 12.4 Å². The van der Waals surface area contributed by atoms with Gasteiger partial charge in [-0.1, -0.05) is 20.3 Å². The Morgan fingerprint density at radius 1 is 1.27 bits per heavy atom. The fourth-order valence-corrected chi connectivity index (χ4v) is 4.15. The van der Waals surface area contributed by atoms with Crippen LogP contribution in [-0.2, 0) is 6.54 Å². The minimum atomic E-state index is 0.0293. The topological polar surface area (TPSA) is 54.3 Å². The van der Waals surface area contributed by atoms with E-state index in [9.17, 15) is 4.79 Å². The van der Waals surface area contributed by atoms with Gasteiger partial charge in [0.05, 0.1) is 16.9 Å². The Balaban J connectivity index is 2.08. The summed E-state index contributed by atoms with van der Waals surface area (Å²) in [4.78, 5) is 27.0. The van der Waals surface area contributed by atoms with Crippen molar-refractivity contribution >= 4 is 10.9 Å². The molecule has 26 heavy (non-hydrogen) atoms. The summed E-state index contributed by atoms with van der Waals surface area (Å²) in [5, 5.41) is 0.609. The van der Waals surface area contributed by atoms with Crippen molar-refractivity contribution in [3.8, 4) is 0 Å². The van der Waals surface area contributed by atoms with Gasteiger partial charge in [0.2, 0.25) is 0 Å². The summed E-state index contributed by atoms with van der Waals surface area (Å²) in [5.74, 6) is 1.52. The average molecular weight is 358 g/mol. The zero-order valence-corrected chi connectivity index (χ0v) is 16.5. The van der Waals surface area contributed by atoms with Crippen molar-refractivity contribution in [3.05, 3.63) is 34.6 Å². The largest absolute Gasteiger partial charge is 0.305 e. The summed E-state index contributed by atoms with van der Waals surface area (Å²) >= 11 is 0. The Morgan fingerprint density at radius 3 is 2.81 bits per heavy atom. The summed E-state index contributed by atoms with van der Waals surface area (Å²) in [6.45, 7) is 11.4. The molecule has 3 rings (SSSR count). The Hall–Kier alpha value is -1.79. The second kappa shape index (κ2) is 8.27. The van der Waals surface area contributed by atoms with E-state index in [0.717, 1.165) is 50.4 Å². The van der Waals surface area contributed by atoms with Gasteiger partial charge in [0.1, 0.15) is 5.82 Å². The van der Waals surface area contributed by atoms with Gasteiger partial charge in [0, 0.05) is 45.1 Å². The maximum absolute atomic E-state index is 13.0. The third-order valence-electron chi connectivity index (χ3n) is 5.34. The van der Waals surface area contributed by atoms with Crippen LogP contribution in [0.3, 0.4) is 0 Å². The summed E-state index contributed by atoms with van der Waals surface area (Å²) in [7, 11) is 2.19. The van der Waals surface area contributed by atoms with Crippen LogP contribution in [0.25, 0.3) is 10.9 Å². The smallest absolute Gasteiger partial charge is 0.262 e. The molecule has 0 aliphatic carbocycles. The quantitative estimate of drug-likeness (QED) is 0.823. The zero-order valence-electron chi connectivity index (χ0n) is 16.5. The van der Waals surface area contributed by atoms with Crippen LogP contribution in [0.15, 0.2) is 23.3 Å². The lowest BCUT2D eigenvalue weighted by atomic mass is 10.1. The van der Waals surface area contributed by atoms with E-state index < -0.39 is 0 Å². The van der Waals surface area contributed by atoms with Crippen LogP contribution >= 0.6 is 0 Å². The van der Waals surface area contributed by atoms with Gasteiger partial charge in [-0.25, -0.2) is 4.98 Å². The highest BCUT2D eigenvalue weighted by molar-refractivity contribution is 5.76. The van der Waals surface area contributed by atoms with Gasteiger partial charge < -0.3 is 4.90 Å². The number of pyridine rings is 1. The lowest BCUT2D eigenvalue weighted by Gasteiger charge is -2.32. The highest BCUT2D eigenvalue weighted by Crippen LogP contribution is 2.27. The molecular formula is C20H31N5O. The summed E-state index contributed by atoms with van der Waals surface area (Å²) in [6, 6.07) is 2.03. The molecule has 0 radical (unpaired) electrons. The van der Waals surface area contributed by atoms with E-state index in [0.29, 0.717) is 17.8 Å². The summed E-state index contributed by atoms with van der Waals surface area (Å²) < 4.78 is 1.85. The average Bonchev–Trinajstić information content (AvgIpc) is 2.79. The van der Waals surface area contributed by atoms with Crippen LogP contribution in [0, 0.1) is 5.92 Å². The van der Waals surface area contributed by atoms with Gasteiger partial charge in [-0.15, -0.1) is 0 Å². The van der Waals surface area contributed by atoms with Gasteiger partial charge in [0.15, 0.2) is 0 Å². The number of nitrogens with zero attached hydrogens (tertiary/aromatic N) is 5. The Bertz CT molecular complexity index is 802. The van der Waals surface area contributed by atoms with Crippen molar-refractivity contribution < 1.29 is 0 Å². The first kappa shape index (κ1) is 19.0. The zero-order chi connectivity index (χ0) is 18.7. The Morgan fingerprint density at radius 2 is 2.08 bits per heavy atom. The van der Waals surface area contributed by atoms with Gasteiger partial charge in [0.25, 0.3) is 5.56 Å². The molecule has 0 unspecified atom stereocenters. The molecule has 6 heteroatoms. The van der Waals surface area contributed by atoms with Gasteiger partial charge in [-0.3, -0.25) is 19.2 Å². The van der Waals surface area contributed by atoms with Gasteiger partial charge >= 0.3 is 0 Å². The van der Waals surface area contributed by atoms with Crippen LogP contribution in [0.2, 0.25) is 0 Å². The molecular weight excluding hydrogens is 326 g/mol. The predicted octanol–water partition coefficient (Wildman–Crippen LogP) is 2.54. The molecule has 1 saturated heterocycles. The van der Waals surface area contributed by atoms with Crippen LogP contribution in [-0.4, -0.2) is 57.6 Å². The molecule has 2 aromatic rings. The summed E-state index contributed by atoms with van der Waals surface area (Å²) in [6.07, 6.45) is 5.43. The molecule has 0 N–H and O–H groups in total. The lowest BCUT2D eigenvalue weighted by molar-refractivity contribution is 0.167. The first-order chi connectivity index (χ1) is 12.5. The van der Waals surface area contributed by atoms with Gasteiger partial charge in [-0.2, -0.15) is 0 Å². The first-order valence-electron chi connectivity index (χ1n) is 9.82. The normalized spacial score (nSPS) is 21.0. The maximum Gasteiger partial charge on any atom is 0.262 e. The lowest BCUT2D eigenvalue weighted by Crippen LogP contribution is -2.38. The van der Waals surface area contributed by atoms with E-state index in [2.05, 4.69) is 35.7 Å². The molecule has 0 aromatic carbocycles. The fourth-order valence-electron chi connectivity index (χ4n) is 4.15. The molecule has 1 aliphatic rings. The number of fused-ring (bicyclic) bond motifs is 1. The second-order valence-corrected chi connectivity index (χ2v) is 7.58. The molecule has 2 atom stereocenters. The van der Waals surface area contributed by atoms with E-state index in [-0.39, 0.29) is 11.6 Å². The van der Waals surface area contributed by atoms with Crippen molar-refractivity contribution in [2.24, 2.45) is 5.92 Å². The monoisotopic (exact) mass is 357 g/mol. The molecule has 6 nitrogen and oxygen atoms in total. The molecule has 142 valence electrons. The fraction of sp³-hybridized carbons (Fsp3) is 0.650. The predicted molar refractivity (Wildman–Crippen MR) is 105 cm³/mol. The van der Waals surface area contributed by atoms with Crippen LogP contribution in [0.5, 0.6) is 0 Å². The maximum atomic E-state index is 13.0. The van der Waals surface area contributed by atoms with Crippen LogP contribution in [0.4, 0.5) is 0 Å². The molecule has 0 amide bonds. The SMILES string of the molecule is CCC[C@@H](c1nc2ccncc2c(=O)n1CC)N1CCN(C)C[C@@H](C)C1. The highest BCUT2D eigenvalue weighted by Gasteiger charge is 2.28. The third-order valence-corrected chi connectivity index (χ3v) is 5.34. The standard InChI is InChI=1S/C20H31N5O/c1-5-7-18(24-11-10-23(4)13-15(3)14-24)19-22-17-8-9-21-12-16(17)20(26)25(19)6-2/h8-9,12,15,18H,5-7,10-11,13-14H2,1-4H3/t15-,18+/m1/s1. The molecule has 3 heterocycles. The minimum Gasteiger partial charge on any atom is -0.305 e. The number of rotatable bonds is 5. The van der Waals surface area contributed by atoms with Crippen molar-refractivity contribution in [2.75, 3.05) is 33.2 Å². The van der Waals surface area contributed by atoms with Crippen molar-refractivity contribution in [2.45, 2.75) is 46.2 Å². The van der Waals surface area contributed by atoms with E-state index in [1.807, 2.05) is 17.6 Å². The van der Waals surface area contributed by atoms with Crippen LogP contribution < -0.4 is 5.56 Å². The Kier molecular flexibility index (Phi) is 6.04. The Labute approximate surface area is 155 Å². The number of hydrogen-bond donors (Lipinski definition) is 0. The molecule has 2 aromatic heterocycles. The first-order valence-corrected chi connectivity index (χ1v) is 9.82. The van der Waals surface area contributed by atoms with Crippen molar-refractivity contribution in [1.82, 2.24) is 24.3 Å². The highest BCUT2D eigenvalue weighted by atomic mass is 16.1. The van der Waals surface area contributed by atoms with Crippen molar-refractivity contribution in [1.29, 1.82) is 0 Å². The number of aromatic nitrogens is 3. The molecule has 1 fully saturated rings. The summed E-state index contributed by atoms with van der Waals surface area (Å²) in [5.41, 5.74) is 0.785. The van der Waals surface area contributed by atoms with Crippen molar-refractivity contribution in [3.63, 3.8) is 0 Å².